The molecule has 0 aliphatic carbocycles. The fourth-order valence-electron chi connectivity index (χ4n) is 3.45. The third kappa shape index (κ3) is 4.13. The van der Waals surface area contributed by atoms with E-state index in [1.54, 1.807) is 36.0 Å². The van der Waals surface area contributed by atoms with Gasteiger partial charge >= 0.3 is 0 Å². The Bertz CT molecular complexity index is 1380. The number of benzene rings is 2. The van der Waals surface area contributed by atoms with Gasteiger partial charge in [0.25, 0.3) is 5.91 Å². The van der Waals surface area contributed by atoms with Gasteiger partial charge < -0.3 is 5.32 Å². The molecule has 0 unspecified atom stereocenters. The fourth-order valence-corrected chi connectivity index (χ4v) is 4.34. The second kappa shape index (κ2) is 8.55. The van der Waals surface area contributed by atoms with Gasteiger partial charge in [0.15, 0.2) is 15.5 Å². The number of pyridine rings is 1. The van der Waals surface area contributed by atoms with Gasteiger partial charge in [0.05, 0.1) is 33.5 Å². The lowest BCUT2D eigenvalue weighted by Gasteiger charge is -2.11. The zero-order valence-electron chi connectivity index (χ0n) is 18.1. The van der Waals surface area contributed by atoms with E-state index >= 15 is 0 Å². The van der Waals surface area contributed by atoms with Crippen molar-refractivity contribution in [2.75, 3.05) is 11.1 Å². The molecule has 2 aromatic carbocycles. The predicted molar refractivity (Wildman–Crippen MR) is 125 cm³/mol. The number of anilines is 1. The Labute approximate surface area is 187 Å². The number of sulfone groups is 1. The van der Waals surface area contributed by atoms with Gasteiger partial charge in [-0.3, -0.25) is 4.79 Å². The highest BCUT2D eigenvalue weighted by atomic mass is 32.2. The average Bonchev–Trinajstić information content (AvgIpc) is 3.23. The molecular weight excluding hydrogens is 424 g/mol. The SMILES string of the molecule is CCS(=O)(=O)c1ccc(NC(=O)c2cc(-c3ccccc3)nc3c2cnn3C(C)C)cc1. The maximum Gasteiger partial charge on any atom is 0.256 e. The monoisotopic (exact) mass is 448 g/mol. The molecule has 0 aliphatic heterocycles. The van der Waals surface area contributed by atoms with Crippen molar-refractivity contribution in [3.05, 3.63) is 72.4 Å². The van der Waals surface area contributed by atoms with Crippen LogP contribution in [0, 0.1) is 0 Å². The molecule has 7 nitrogen and oxygen atoms in total. The number of amides is 1. The predicted octanol–water partition coefficient (Wildman–Crippen LogP) is 4.73. The molecule has 0 spiro atoms. The number of aromatic nitrogens is 3. The summed E-state index contributed by atoms with van der Waals surface area (Å²) in [5.74, 6) is -0.292. The second-order valence-electron chi connectivity index (χ2n) is 7.72. The van der Waals surface area contributed by atoms with Crippen molar-refractivity contribution in [3.63, 3.8) is 0 Å². The molecule has 8 heteroatoms. The Hall–Kier alpha value is -3.52. The van der Waals surface area contributed by atoms with E-state index in [2.05, 4.69) is 10.4 Å². The standard InChI is InChI=1S/C24H24N4O3S/c1-4-32(30,31)19-12-10-18(11-13-19)26-24(29)20-14-22(17-8-6-5-7-9-17)27-23-21(20)15-25-28(23)16(2)3/h5-16H,4H2,1-3H3,(H,26,29). The van der Waals surface area contributed by atoms with E-state index in [0.717, 1.165) is 5.56 Å². The molecule has 0 aliphatic rings. The van der Waals surface area contributed by atoms with Crippen LogP contribution in [0.3, 0.4) is 0 Å². The van der Waals surface area contributed by atoms with Crippen LogP contribution in [-0.4, -0.2) is 34.8 Å². The lowest BCUT2D eigenvalue weighted by atomic mass is 10.1. The molecule has 0 atom stereocenters. The van der Waals surface area contributed by atoms with Gasteiger partial charge in [-0.15, -0.1) is 0 Å². The number of carbonyl (C=O) groups is 1. The van der Waals surface area contributed by atoms with Gasteiger partial charge in [-0.1, -0.05) is 37.3 Å². The van der Waals surface area contributed by atoms with Crippen molar-refractivity contribution in [3.8, 4) is 11.3 Å². The first kappa shape index (κ1) is 21.7. The lowest BCUT2D eigenvalue weighted by Crippen LogP contribution is -2.13. The van der Waals surface area contributed by atoms with Crippen LogP contribution < -0.4 is 5.32 Å². The zero-order valence-corrected chi connectivity index (χ0v) is 18.9. The van der Waals surface area contributed by atoms with Crippen LogP contribution in [0.4, 0.5) is 5.69 Å². The van der Waals surface area contributed by atoms with Crippen molar-refractivity contribution in [1.82, 2.24) is 14.8 Å². The van der Waals surface area contributed by atoms with Gasteiger partial charge in [-0.05, 0) is 44.2 Å². The van der Waals surface area contributed by atoms with Crippen LogP contribution in [0.25, 0.3) is 22.3 Å². The number of rotatable bonds is 6. The van der Waals surface area contributed by atoms with E-state index in [0.29, 0.717) is 28.0 Å². The Morgan fingerprint density at radius 2 is 1.75 bits per heavy atom. The van der Waals surface area contributed by atoms with Crippen molar-refractivity contribution in [2.45, 2.75) is 31.7 Å². The summed E-state index contributed by atoms with van der Waals surface area (Å²) < 4.78 is 25.9. The number of carbonyl (C=O) groups excluding carboxylic acids is 1. The number of hydrogen-bond acceptors (Lipinski definition) is 5. The third-order valence-corrected chi connectivity index (χ3v) is 6.97. The minimum absolute atomic E-state index is 0.0236. The first-order valence-corrected chi connectivity index (χ1v) is 12.0. The molecule has 0 bridgehead atoms. The molecule has 1 N–H and O–H groups in total. The number of hydrogen-bond donors (Lipinski definition) is 1. The molecule has 32 heavy (non-hydrogen) atoms. The summed E-state index contributed by atoms with van der Waals surface area (Å²) >= 11 is 0. The average molecular weight is 449 g/mol. The molecule has 4 aromatic rings. The van der Waals surface area contributed by atoms with Crippen molar-refractivity contribution >= 4 is 32.5 Å². The summed E-state index contributed by atoms with van der Waals surface area (Å²) in [6.45, 7) is 5.62. The molecular formula is C24H24N4O3S. The lowest BCUT2D eigenvalue weighted by molar-refractivity contribution is 0.102. The maximum atomic E-state index is 13.2. The van der Waals surface area contributed by atoms with E-state index in [1.807, 2.05) is 44.2 Å². The highest BCUT2D eigenvalue weighted by Gasteiger charge is 2.19. The molecule has 0 saturated heterocycles. The molecule has 0 saturated carbocycles. The van der Waals surface area contributed by atoms with Crippen LogP contribution in [0.2, 0.25) is 0 Å². The van der Waals surface area contributed by atoms with E-state index in [-0.39, 0.29) is 22.6 Å². The highest BCUT2D eigenvalue weighted by Crippen LogP contribution is 2.27. The van der Waals surface area contributed by atoms with E-state index < -0.39 is 9.84 Å². The Kier molecular flexibility index (Phi) is 5.80. The molecule has 0 radical (unpaired) electrons. The van der Waals surface area contributed by atoms with Crippen molar-refractivity contribution in [1.29, 1.82) is 0 Å². The number of nitrogens with zero attached hydrogens (tertiary/aromatic N) is 3. The maximum absolute atomic E-state index is 13.2. The van der Waals surface area contributed by atoms with E-state index in [1.165, 1.54) is 12.1 Å². The quantitative estimate of drug-likeness (QED) is 0.460. The van der Waals surface area contributed by atoms with Crippen LogP contribution in [0.1, 0.15) is 37.2 Å². The smallest absolute Gasteiger partial charge is 0.256 e. The summed E-state index contributed by atoms with van der Waals surface area (Å²) in [7, 11) is -3.30. The van der Waals surface area contributed by atoms with Crippen LogP contribution in [0.5, 0.6) is 0 Å². The van der Waals surface area contributed by atoms with Gasteiger partial charge in [0.2, 0.25) is 0 Å². The van der Waals surface area contributed by atoms with Crippen LogP contribution in [-0.2, 0) is 9.84 Å². The van der Waals surface area contributed by atoms with Crippen LogP contribution in [0.15, 0.2) is 71.8 Å². The van der Waals surface area contributed by atoms with Crippen molar-refractivity contribution < 1.29 is 13.2 Å². The highest BCUT2D eigenvalue weighted by molar-refractivity contribution is 7.91. The largest absolute Gasteiger partial charge is 0.322 e. The normalized spacial score (nSPS) is 11.8. The third-order valence-electron chi connectivity index (χ3n) is 5.22. The van der Waals surface area contributed by atoms with Gasteiger partial charge in [-0.25, -0.2) is 18.1 Å². The second-order valence-corrected chi connectivity index (χ2v) is 10.0. The van der Waals surface area contributed by atoms with Gasteiger partial charge in [-0.2, -0.15) is 5.10 Å². The molecule has 2 heterocycles. The van der Waals surface area contributed by atoms with Gasteiger partial charge in [0.1, 0.15) is 0 Å². The zero-order chi connectivity index (χ0) is 22.9. The number of fused-ring (bicyclic) bond motifs is 1. The molecule has 1 amide bonds. The first-order valence-electron chi connectivity index (χ1n) is 10.4. The summed E-state index contributed by atoms with van der Waals surface area (Å²) in [5, 5.41) is 7.95. The van der Waals surface area contributed by atoms with E-state index in [9.17, 15) is 13.2 Å². The van der Waals surface area contributed by atoms with E-state index in [4.69, 9.17) is 4.98 Å². The van der Waals surface area contributed by atoms with Crippen molar-refractivity contribution in [2.24, 2.45) is 0 Å². The summed E-state index contributed by atoms with van der Waals surface area (Å²) in [6, 6.07) is 17.7. The fraction of sp³-hybridized carbons (Fsp3) is 0.208. The summed E-state index contributed by atoms with van der Waals surface area (Å²) in [4.78, 5) is 18.2. The molecule has 0 fully saturated rings. The molecule has 4 rings (SSSR count). The minimum Gasteiger partial charge on any atom is -0.322 e. The summed E-state index contributed by atoms with van der Waals surface area (Å²) in [5.41, 5.74) is 3.17. The molecule has 164 valence electrons. The number of nitrogens with one attached hydrogen (secondary N) is 1. The topological polar surface area (TPSA) is 93.9 Å². The first-order chi connectivity index (χ1) is 15.3. The summed E-state index contributed by atoms with van der Waals surface area (Å²) in [6.07, 6.45) is 1.66. The minimum atomic E-state index is -3.30. The Morgan fingerprint density at radius 1 is 1.06 bits per heavy atom. The van der Waals surface area contributed by atoms with Gasteiger partial charge in [0, 0.05) is 17.3 Å². The Morgan fingerprint density at radius 3 is 2.38 bits per heavy atom. The molecule has 2 aromatic heterocycles. The Balaban J connectivity index is 1.75. The van der Waals surface area contributed by atoms with Crippen LogP contribution >= 0.6 is 0 Å².